The maximum Gasteiger partial charge on any atom is 0.231 e. The summed E-state index contributed by atoms with van der Waals surface area (Å²) in [6.07, 6.45) is 1.67. The van der Waals surface area contributed by atoms with E-state index in [4.69, 9.17) is 10.3 Å². The minimum absolute atomic E-state index is 0.158. The van der Waals surface area contributed by atoms with E-state index in [1.54, 1.807) is 0 Å². The van der Waals surface area contributed by atoms with Crippen LogP contribution in [0.25, 0.3) is 0 Å². The van der Waals surface area contributed by atoms with Crippen molar-refractivity contribution >= 4 is 0 Å². The quantitative estimate of drug-likeness (QED) is 0.884. The fourth-order valence-electron chi connectivity index (χ4n) is 2.73. The van der Waals surface area contributed by atoms with Crippen molar-refractivity contribution in [3.05, 3.63) is 46.6 Å². The lowest BCUT2D eigenvalue weighted by Gasteiger charge is -2.11. The van der Waals surface area contributed by atoms with Crippen molar-refractivity contribution in [2.75, 3.05) is 6.54 Å². The molecule has 1 atom stereocenters. The van der Waals surface area contributed by atoms with Crippen LogP contribution < -0.4 is 5.73 Å². The van der Waals surface area contributed by atoms with E-state index in [-0.39, 0.29) is 5.92 Å². The van der Waals surface area contributed by atoms with Crippen LogP contribution >= 0.6 is 0 Å². The second-order valence-electron chi connectivity index (χ2n) is 6.28. The first-order valence-electron chi connectivity index (χ1n) is 7.57. The van der Waals surface area contributed by atoms with Gasteiger partial charge in [0.1, 0.15) is 0 Å². The van der Waals surface area contributed by atoms with Crippen LogP contribution in [0.2, 0.25) is 0 Å². The van der Waals surface area contributed by atoms with Crippen molar-refractivity contribution in [1.82, 2.24) is 10.1 Å². The average molecular weight is 287 g/mol. The summed E-state index contributed by atoms with van der Waals surface area (Å²) in [5.74, 6) is 2.13. The van der Waals surface area contributed by atoms with Gasteiger partial charge in [0.2, 0.25) is 5.89 Å². The summed E-state index contributed by atoms with van der Waals surface area (Å²) in [4.78, 5) is 4.53. The minimum Gasteiger partial charge on any atom is -0.339 e. The zero-order chi connectivity index (χ0) is 15.4. The third-order valence-corrected chi connectivity index (χ3v) is 3.52. The predicted octanol–water partition coefficient (Wildman–Crippen LogP) is 3.37. The molecule has 4 heteroatoms. The summed E-state index contributed by atoms with van der Waals surface area (Å²) in [6.45, 7) is 9.10. The number of hydrogen-bond donors (Lipinski definition) is 1. The lowest BCUT2D eigenvalue weighted by atomic mass is 9.97. The highest BCUT2D eigenvalue weighted by atomic mass is 16.5. The smallest absolute Gasteiger partial charge is 0.231 e. The Bertz CT molecular complexity index is 569. The molecule has 1 aromatic carbocycles. The summed E-state index contributed by atoms with van der Waals surface area (Å²) in [5.41, 5.74) is 9.56. The summed E-state index contributed by atoms with van der Waals surface area (Å²) in [5, 5.41) is 4.11. The largest absolute Gasteiger partial charge is 0.339 e. The number of aromatic nitrogens is 2. The molecule has 0 aliphatic carbocycles. The van der Waals surface area contributed by atoms with Crippen LogP contribution in [-0.4, -0.2) is 16.7 Å². The van der Waals surface area contributed by atoms with E-state index in [1.807, 2.05) is 0 Å². The Morgan fingerprint density at radius 3 is 2.38 bits per heavy atom. The second-order valence-corrected chi connectivity index (χ2v) is 6.28. The average Bonchev–Trinajstić information content (AvgIpc) is 2.82. The Morgan fingerprint density at radius 1 is 1.14 bits per heavy atom. The van der Waals surface area contributed by atoms with E-state index < -0.39 is 0 Å². The molecule has 0 amide bonds. The monoisotopic (exact) mass is 287 g/mol. The lowest BCUT2D eigenvalue weighted by molar-refractivity contribution is 0.332. The highest BCUT2D eigenvalue weighted by Gasteiger charge is 2.19. The molecule has 21 heavy (non-hydrogen) atoms. The molecule has 0 aliphatic heterocycles. The summed E-state index contributed by atoms with van der Waals surface area (Å²) >= 11 is 0. The van der Waals surface area contributed by atoms with Crippen LogP contribution in [0.1, 0.15) is 54.6 Å². The Labute approximate surface area is 126 Å². The lowest BCUT2D eigenvalue weighted by Crippen LogP contribution is -2.15. The van der Waals surface area contributed by atoms with E-state index in [2.05, 4.69) is 56.0 Å². The number of rotatable bonds is 6. The van der Waals surface area contributed by atoms with Gasteiger partial charge in [-0.15, -0.1) is 0 Å². The Balaban J connectivity index is 2.12. The number of hydrogen-bond acceptors (Lipinski definition) is 4. The first-order valence-corrected chi connectivity index (χ1v) is 7.57. The molecule has 0 saturated carbocycles. The molecule has 1 unspecified atom stereocenters. The topological polar surface area (TPSA) is 64.9 Å². The Morgan fingerprint density at radius 2 is 1.81 bits per heavy atom. The predicted molar refractivity (Wildman–Crippen MR) is 84.3 cm³/mol. The first kappa shape index (κ1) is 15.7. The number of nitrogens with zero attached hydrogens (tertiary/aromatic N) is 2. The van der Waals surface area contributed by atoms with Gasteiger partial charge in [-0.1, -0.05) is 48.3 Å². The van der Waals surface area contributed by atoms with E-state index in [0.717, 1.165) is 12.2 Å². The van der Waals surface area contributed by atoms with E-state index in [9.17, 15) is 0 Å². The molecule has 1 heterocycles. The molecule has 114 valence electrons. The van der Waals surface area contributed by atoms with Crippen molar-refractivity contribution in [3.63, 3.8) is 0 Å². The van der Waals surface area contributed by atoms with Crippen LogP contribution in [0, 0.1) is 19.8 Å². The van der Waals surface area contributed by atoms with Crippen molar-refractivity contribution in [2.24, 2.45) is 11.7 Å². The SMILES string of the molecule is Cc1cc(C)cc(Cc2noc(C(CN)CC(C)C)n2)c1. The third kappa shape index (κ3) is 4.39. The minimum atomic E-state index is 0.158. The normalized spacial score (nSPS) is 12.9. The van der Waals surface area contributed by atoms with E-state index in [0.29, 0.717) is 24.8 Å². The van der Waals surface area contributed by atoms with Crippen LogP contribution in [0.3, 0.4) is 0 Å². The van der Waals surface area contributed by atoms with Crippen LogP contribution in [0.4, 0.5) is 0 Å². The zero-order valence-electron chi connectivity index (χ0n) is 13.4. The van der Waals surface area contributed by atoms with Gasteiger partial charge in [-0.3, -0.25) is 0 Å². The molecule has 0 saturated heterocycles. The first-order chi connectivity index (χ1) is 9.97. The summed E-state index contributed by atoms with van der Waals surface area (Å²) < 4.78 is 5.41. The molecular formula is C17H25N3O. The van der Waals surface area contributed by atoms with Gasteiger partial charge >= 0.3 is 0 Å². The molecule has 2 rings (SSSR count). The molecule has 0 spiro atoms. The Hall–Kier alpha value is -1.68. The number of nitrogens with two attached hydrogens (primary N) is 1. The molecule has 0 aliphatic rings. The van der Waals surface area contributed by atoms with Gasteiger partial charge in [0.15, 0.2) is 5.82 Å². The molecule has 1 aromatic heterocycles. The molecule has 0 fully saturated rings. The fraction of sp³-hybridized carbons (Fsp3) is 0.529. The molecule has 4 nitrogen and oxygen atoms in total. The van der Waals surface area contributed by atoms with Gasteiger partial charge in [-0.2, -0.15) is 4.98 Å². The third-order valence-electron chi connectivity index (χ3n) is 3.52. The number of benzene rings is 1. The van der Waals surface area contributed by atoms with Crippen LogP contribution in [0.15, 0.2) is 22.7 Å². The maximum absolute atomic E-state index is 5.83. The van der Waals surface area contributed by atoms with E-state index >= 15 is 0 Å². The highest BCUT2D eigenvalue weighted by molar-refractivity contribution is 5.30. The van der Waals surface area contributed by atoms with Crippen LogP contribution in [-0.2, 0) is 6.42 Å². The van der Waals surface area contributed by atoms with Gasteiger partial charge in [-0.05, 0) is 31.7 Å². The summed E-state index contributed by atoms with van der Waals surface area (Å²) in [6, 6.07) is 6.49. The molecule has 2 N–H and O–H groups in total. The highest BCUT2D eigenvalue weighted by Crippen LogP contribution is 2.22. The Kier molecular flexibility index (Phi) is 5.12. The van der Waals surface area contributed by atoms with Gasteiger partial charge in [-0.25, -0.2) is 0 Å². The maximum atomic E-state index is 5.83. The molecule has 0 radical (unpaired) electrons. The van der Waals surface area contributed by atoms with Gasteiger partial charge < -0.3 is 10.3 Å². The second kappa shape index (κ2) is 6.85. The van der Waals surface area contributed by atoms with Crippen LogP contribution in [0.5, 0.6) is 0 Å². The number of aryl methyl sites for hydroxylation is 2. The molecular weight excluding hydrogens is 262 g/mol. The van der Waals surface area contributed by atoms with E-state index in [1.165, 1.54) is 16.7 Å². The van der Waals surface area contributed by atoms with Crippen molar-refractivity contribution < 1.29 is 4.52 Å². The fourth-order valence-corrected chi connectivity index (χ4v) is 2.73. The van der Waals surface area contributed by atoms with Gasteiger partial charge in [0.05, 0.1) is 5.92 Å². The van der Waals surface area contributed by atoms with Gasteiger partial charge in [0, 0.05) is 13.0 Å². The molecule has 0 bridgehead atoms. The van der Waals surface area contributed by atoms with Crippen molar-refractivity contribution in [3.8, 4) is 0 Å². The summed E-state index contributed by atoms with van der Waals surface area (Å²) in [7, 11) is 0. The van der Waals surface area contributed by atoms with Crippen molar-refractivity contribution in [1.29, 1.82) is 0 Å². The van der Waals surface area contributed by atoms with Gasteiger partial charge in [0.25, 0.3) is 0 Å². The standard InChI is InChI=1S/C17H25N3O/c1-11(2)5-15(10-18)17-19-16(20-21-17)9-14-7-12(3)6-13(4)8-14/h6-8,11,15H,5,9-10,18H2,1-4H3. The van der Waals surface area contributed by atoms with Crippen molar-refractivity contribution in [2.45, 2.75) is 46.5 Å². The molecule has 2 aromatic rings. The zero-order valence-corrected chi connectivity index (χ0v) is 13.4.